The minimum atomic E-state index is -0.833. The van der Waals surface area contributed by atoms with E-state index in [9.17, 15) is 4.79 Å². The number of carbonyl (C=O) groups is 2. The third-order valence-corrected chi connectivity index (χ3v) is 1.49. The van der Waals surface area contributed by atoms with Crippen LogP contribution in [0.15, 0.2) is 0 Å². The maximum Gasteiger partial charge on any atom is 0.303 e. The summed E-state index contributed by atoms with van der Waals surface area (Å²) in [7, 11) is 0. The van der Waals surface area contributed by atoms with Crippen LogP contribution in [0.1, 0.15) is 52.4 Å². The fourth-order valence-electron chi connectivity index (χ4n) is 0.880. The first-order chi connectivity index (χ1) is 6.50. The summed E-state index contributed by atoms with van der Waals surface area (Å²) < 4.78 is 0. The fraction of sp³-hybridized carbons (Fsp3) is 0.800. The van der Waals surface area contributed by atoms with Gasteiger partial charge >= 0.3 is 5.97 Å². The van der Waals surface area contributed by atoms with Gasteiger partial charge in [-0.1, -0.05) is 32.6 Å². The van der Waals surface area contributed by atoms with E-state index < -0.39 is 11.9 Å². The third kappa shape index (κ3) is 47.1. The van der Waals surface area contributed by atoms with Crippen LogP contribution < -0.4 is 0 Å². The van der Waals surface area contributed by atoms with Crippen LogP contribution in [0.4, 0.5) is 0 Å². The molecule has 0 saturated carbocycles. The molecule has 0 heterocycles. The predicted octanol–water partition coefficient (Wildman–Crippen LogP) is 2.52. The van der Waals surface area contributed by atoms with Gasteiger partial charge in [0.05, 0.1) is 0 Å². The summed E-state index contributed by atoms with van der Waals surface area (Å²) in [4.78, 5) is 19.0. The fourth-order valence-corrected chi connectivity index (χ4v) is 0.880. The molecule has 0 rings (SSSR count). The monoisotopic (exact) mass is 358 g/mol. The number of unbranched alkanes of at least 4 members (excludes halogenated alkanes) is 4. The number of carboxylic acids is 2. The number of hydrogen-bond donors (Lipinski definition) is 2. The van der Waals surface area contributed by atoms with E-state index in [-0.39, 0.29) is 45.7 Å². The average molecular weight is 361 g/mol. The molecule has 0 fully saturated rings. The summed E-state index contributed by atoms with van der Waals surface area (Å²) in [5.41, 5.74) is 0. The average Bonchev–Trinajstić information content (AvgIpc) is 2.02. The third-order valence-electron chi connectivity index (χ3n) is 1.49. The first-order valence-electron chi connectivity index (χ1n) is 4.92. The van der Waals surface area contributed by atoms with Crippen LogP contribution in [0.25, 0.3) is 0 Å². The maximum absolute atomic E-state index is 10.0. The predicted molar refractivity (Wildman–Crippen MR) is 54.3 cm³/mol. The molecule has 0 aliphatic heterocycles. The van der Waals surface area contributed by atoms with Crippen LogP contribution in [-0.2, 0) is 55.3 Å². The first-order valence-corrected chi connectivity index (χ1v) is 4.92. The zero-order valence-corrected chi connectivity index (χ0v) is 15.6. The van der Waals surface area contributed by atoms with Gasteiger partial charge in [-0.25, -0.2) is 0 Å². The Bertz CT molecular complexity index is 161. The molecule has 90 valence electrons. The summed E-state index contributed by atoms with van der Waals surface area (Å²) in [6.07, 6.45) is 5.88. The quantitative estimate of drug-likeness (QED) is 0.563. The topological polar surface area (TPSA) is 74.6 Å². The summed E-state index contributed by atoms with van der Waals surface area (Å²) in [5.74, 6) is -1.50. The Hall–Kier alpha value is 0.446. The second-order valence-corrected chi connectivity index (χ2v) is 3.08. The molecule has 0 radical (unpaired) electrons. The molecule has 0 aliphatic carbocycles. The van der Waals surface area contributed by atoms with Crippen LogP contribution >= 0.6 is 0 Å². The van der Waals surface area contributed by atoms with E-state index in [0.29, 0.717) is 6.42 Å². The van der Waals surface area contributed by atoms with E-state index in [1.807, 2.05) is 0 Å². The number of hydrogen-bond acceptors (Lipinski definition) is 2. The zero-order valence-electron chi connectivity index (χ0n) is 10.2. The SMILES string of the molecule is CC(=O)O.CCCCCCCC(=O)O.[Zn].[Zr]. The van der Waals surface area contributed by atoms with Crippen molar-refractivity contribution < 1.29 is 65.5 Å². The number of carboxylic acid groups (broad SMARTS) is 2. The summed E-state index contributed by atoms with van der Waals surface area (Å²) in [6, 6.07) is 0. The van der Waals surface area contributed by atoms with Crippen LogP contribution in [-0.4, -0.2) is 22.2 Å². The van der Waals surface area contributed by atoms with Gasteiger partial charge in [-0.3, -0.25) is 9.59 Å². The normalized spacial score (nSPS) is 7.62. The second kappa shape index (κ2) is 20.8. The van der Waals surface area contributed by atoms with Gasteiger partial charge in [0.2, 0.25) is 0 Å². The molecule has 0 atom stereocenters. The smallest absolute Gasteiger partial charge is 0.303 e. The molecule has 0 saturated heterocycles. The van der Waals surface area contributed by atoms with Gasteiger partial charge in [0.25, 0.3) is 5.97 Å². The van der Waals surface area contributed by atoms with Crippen LogP contribution in [0.2, 0.25) is 0 Å². The van der Waals surface area contributed by atoms with Gasteiger partial charge in [0.1, 0.15) is 0 Å². The Morgan fingerprint density at radius 2 is 1.38 bits per heavy atom. The molecule has 0 amide bonds. The van der Waals surface area contributed by atoms with Crippen molar-refractivity contribution in [1.29, 1.82) is 0 Å². The molecular formula is C10H20O4ZnZr. The van der Waals surface area contributed by atoms with Crippen LogP contribution in [0.5, 0.6) is 0 Å². The van der Waals surface area contributed by atoms with Crippen LogP contribution in [0.3, 0.4) is 0 Å². The number of aliphatic carboxylic acids is 2. The van der Waals surface area contributed by atoms with Gasteiger partial charge in [0, 0.05) is 59.0 Å². The Morgan fingerprint density at radius 1 is 1.00 bits per heavy atom. The van der Waals surface area contributed by atoms with E-state index in [1.54, 1.807) is 0 Å². The molecule has 0 aromatic heterocycles. The van der Waals surface area contributed by atoms with Gasteiger partial charge in [-0.05, 0) is 6.42 Å². The standard InChI is InChI=1S/C8H16O2.C2H4O2.Zn.Zr/c1-2-3-4-5-6-7-8(9)10;1-2(3)4;;/h2-7H2,1H3,(H,9,10);1H3,(H,3,4);;. The molecule has 16 heavy (non-hydrogen) atoms. The molecule has 0 aromatic rings. The molecule has 0 aromatic carbocycles. The van der Waals surface area contributed by atoms with E-state index in [1.165, 1.54) is 19.3 Å². The van der Waals surface area contributed by atoms with Gasteiger partial charge in [-0.15, -0.1) is 0 Å². The van der Waals surface area contributed by atoms with Crippen molar-refractivity contribution in [3.8, 4) is 0 Å². The largest absolute Gasteiger partial charge is 0.481 e. The Kier molecular flexibility index (Phi) is 32.9. The van der Waals surface area contributed by atoms with E-state index >= 15 is 0 Å². The van der Waals surface area contributed by atoms with Gasteiger partial charge in [0.15, 0.2) is 0 Å². The molecule has 0 spiro atoms. The Labute approximate surface area is 129 Å². The maximum atomic E-state index is 10.0. The summed E-state index contributed by atoms with van der Waals surface area (Å²) >= 11 is 0. The minimum Gasteiger partial charge on any atom is -0.481 e. The van der Waals surface area contributed by atoms with Gasteiger partial charge < -0.3 is 10.2 Å². The van der Waals surface area contributed by atoms with Crippen molar-refractivity contribution in [2.75, 3.05) is 0 Å². The van der Waals surface area contributed by atoms with Crippen molar-refractivity contribution >= 4 is 11.9 Å². The first kappa shape index (κ1) is 25.3. The van der Waals surface area contributed by atoms with Crippen molar-refractivity contribution in [2.45, 2.75) is 52.4 Å². The van der Waals surface area contributed by atoms with E-state index in [2.05, 4.69) is 6.92 Å². The molecular weight excluding hydrogens is 341 g/mol. The van der Waals surface area contributed by atoms with Crippen LogP contribution in [0, 0.1) is 0 Å². The summed E-state index contributed by atoms with van der Waals surface area (Å²) in [5, 5.41) is 15.7. The molecule has 0 unspecified atom stereocenters. The Morgan fingerprint density at radius 3 is 1.69 bits per heavy atom. The van der Waals surface area contributed by atoms with Crippen molar-refractivity contribution in [1.82, 2.24) is 0 Å². The molecule has 0 aliphatic rings. The van der Waals surface area contributed by atoms with Crippen molar-refractivity contribution in [3.05, 3.63) is 0 Å². The summed E-state index contributed by atoms with van der Waals surface area (Å²) in [6.45, 7) is 3.23. The van der Waals surface area contributed by atoms with Crippen molar-refractivity contribution in [3.63, 3.8) is 0 Å². The van der Waals surface area contributed by atoms with Gasteiger partial charge in [-0.2, -0.15) is 0 Å². The second-order valence-electron chi connectivity index (χ2n) is 3.08. The molecule has 4 nitrogen and oxygen atoms in total. The molecule has 6 heteroatoms. The number of rotatable bonds is 6. The zero-order chi connectivity index (χ0) is 11.4. The Balaban J connectivity index is -0.000000105. The molecule has 2 N–H and O–H groups in total. The van der Waals surface area contributed by atoms with E-state index in [0.717, 1.165) is 19.8 Å². The molecule has 0 bridgehead atoms. The van der Waals surface area contributed by atoms with E-state index in [4.69, 9.17) is 15.0 Å². The van der Waals surface area contributed by atoms with Crippen molar-refractivity contribution in [2.24, 2.45) is 0 Å². The minimum absolute atomic E-state index is 0.